The summed E-state index contributed by atoms with van der Waals surface area (Å²) < 4.78 is 28.4. The Morgan fingerprint density at radius 2 is 1.93 bits per heavy atom. The van der Waals surface area contributed by atoms with Crippen molar-refractivity contribution in [2.45, 2.75) is 20.3 Å². The number of nitrogens with two attached hydrogens (primary N) is 1. The predicted molar refractivity (Wildman–Crippen MR) is 55.3 cm³/mol. The fourth-order valence-electron chi connectivity index (χ4n) is 0.385. The van der Waals surface area contributed by atoms with Gasteiger partial charge in [0, 0.05) is 0 Å². The summed E-state index contributed by atoms with van der Waals surface area (Å²) in [5, 5.41) is 0. The van der Waals surface area contributed by atoms with Gasteiger partial charge in [0.05, 0.1) is 5.75 Å². The van der Waals surface area contributed by atoms with Gasteiger partial charge in [-0.15, -0.1) is 0 Å². The third-order valence-electron chi connectivity index (χ3n) is 1.15. The molecule has 0 radical (unpaired) electrons. The van der Waals surface area contributed by atoms with Crippen molar-refractivity contribution < 1.29 is 17.8 Å². The first-order valence-corrected chi connectivity index (χ1v) is 5.67. The normalized spacial score (nSPS) is 10.3. The van der Waals surface area contributed by atoms with Gasteiger partial charge in [0.2, 0.25) is 5.91 Å². The van der Waals surface area contributed by atoms with Crippen LogP contribution >= 0.6 is 0 Å². The Labute approximate surface area is 84.7 Å². The van der Waals surface area contributed by atoms with Gasteiger partial charge in [-0.25, -0.2) is 0 Å². The van der Waals surface area contributed by atoms with Gasteiger partial charge in [0.1, 0.15) is 0 Å². The van der Waals surface area contributed by atoms with Crippen LogP contribution in [0.1, 0.15) is 20.3 Å². The largest absolute Gasteiger partial charge is 0.366 e. The van der Waals surface area contributed by atoms with Gasteiger partial charge in [-0.05, 0) is 18.4 Å². The highest BCUT2D eigenvalue weighted by Gasteiger charge is 2.04. The van der Waals surface area contributed by atoms with Crippen molar-refractivity contribution in [1.29, 1.82) is 0 Å². The van der Waals surface area contributed by atoms with E-state index in [1.54, 1.807) is 0 Å². The van der Waals surface area contributed by atoms with Crippen LogP contribution in [0.4, 0.5) is 0 Å². The molecule has 6 heteroatoms. The molecule has 0 aromatic carbocycles. The summed E-state index contributed by atoms with van der Waals surface area (Å²) in [5.41, 5.74) is 4.53. The van der Waals surface area contributed by atoms with Gasteiger partial charge in [0.25, 0.3) is 10.1 Å². The lowest BCUT2D eigenvalue weighted by molar-refractivity contribution is -0.113. The second-order valence-electron chi connectivity index (χ2n) is 3.08. The highest BCUT2D eigenvalue weighted by molar-refractivity contribution is 7.85. The zero-order chi connectivity index (χ0) is 11.8. The Hall–Kier alpha value is -0.880. The molecule has 0 atom stereocenters. The smallest absolute Gasteiger partial charge is 0.264 e. The molecule has 0 heterocycles. The Morgan fingerprint density at radius 3 is 2.00 bits per heavy atom. The monoisotopic (exact) mass is 223 g/mol. The van der Waals surface area contributed by atoms with E-state index in [-0.39, 0.29) is 5.75 Å². The van der Waals surface area contributed by atoms with E-state index in [0.717, 1.165) is 6.08 Å². The summed E-state index contributed by atoms with van der Waals surface area (Å²) in [7, 11) is -3.72. The summed E-state index contributed by atoms with van der Waals surface area (Å²) in [6.45, 7) is 6.90. The minimum Gasteiger partial charge on any atom is -0.366 e. The van der Waals surface area contributed by atoms with Crippen molar-refractivity contribution >= 4 is 16.0 Å². The Kier molecular flexibility index (Phi) is 8.37. The molecule has 0 saturated heterocycles. The maximum Gasteiger partial charge on any atom is 0.264 e. The number of amides is 1. The summed E-state index contributed by atoms with van der Waals surface area (Å²) in [5.74, 6) is -0.276. The maximum atomic E-state index is 10.1. The van der Waals surface area contributed by atoms with Crippen LogP contribution in [0.25, 0.3) is 0 Å². The van der Waals surface area contributed by atoms with Crippen LogP contribution in [0.2, 0.25) is 0 Å². The zero-order valence-corrected chi connectivity index (χ0v) is 9.25. The molecular weight excluding hydrogens is 206 g/mol. The Bertz CT molecular complexity index is 269. The average Bonchev–Trinajstić information content (AvgIpc) is 2.01. The molecule has 3 N–H and O–H groups in total. The minimum atomic E-state index is -3.72. The van der Waals surface area contributed by atoms with E-state index in [1.165, 1.54) is 0 Å². The van der Waals surface area contributed by atoms with Crippen molar-refractivity contribution in [3.63, 3.8) is 0 Å². The van der Waals surface area contributed by atoms with Crippen molar-refractivity contribution in [2.24, 2.45) is 11.7 Å². The molecule has 1 amide bonds. The Morgan fingerprint density at radius 1 is 1.57 bits per heavy atom. The van der Waals surface area contributed by atoms with E-state index < -0.39 is 16.0 Å². The van der Waals surface area contributed by atoms with Crippen molar-refractivity contribution in [3.05, 3.63) is 12.7 Å². The lowest BCUT2D eigenvalue weighted by Gasteiger charge is -1.99. The van der Waals surface area contributed by atoms with Gasteiger partial charge in [-0.1, -0.05) is 20.4 Å². The fourth-order valence-corrected chi connectivity index (χ4v) is 1.15. The molecular formula is C8H17NO4S. The van der Waals surface area contributed by atoms with Gasteiger partial charge in [0.15, 0.2) is 0 Å². The van der Waals surface area contributed by atoms with Crippen molar-refractivity contribution in [3.8, 4) is 0 Å². The summed E-state index contributed by atoms with van der Waals surface area (Å²) in [6.07, 6.45) is 1.58. The van der Waals surface area contributed by atoms with E-state index in [0.29, 0.717) is 12.3 Å². The number of carbonyl (C=O) groups is 1. The van der Waals surface area contributed by atoms with Gasteiger partial charge < -0.3 is 5.73 Å². The van der Waals surface area contributed by atoms with E-state index in [1.807, 2.05) is 13.8 Å². The van der Waals surface area contributed by atoms with Crippen LogP contribution in [-0.4, -0.2) is 24.6 Å². The predicted octanol–water partition coefficient (Wildman–Crippen LogP) is 0.578. The molecule has 0 aromatic rings. The molecule has 84 valence electrons. The van der Waals surface area contributed by atoms with Crippen LogP contribution < -0.4 is 5.73 Å². The molecule has 14 heavy (non-hydrogen) atoms. The average molecular weight is 223 g/mol. The van der Waals surface area contributed by atoms with Crippen LogP contribution in [-0.2, 0) is 14.9 Å². The lowest BCUT2D eigenvalue weighted by atomic mass is 10.2. The van der Waals surface area contributed by atoms with Gasteiger partial charge in [-0.2, -0.15) is 8.42 Å². The van der Waals surface area contributed by atoms with E-state index in [2.05, 4.69) is 12.3 Å². The Balaban J connectivity index is 0. The fraction of sp³-hybridized carbons (Fsp3) is 0.625. The number of carbonyl (C=O) groups excluding carboxylic acids is 1. The number of rotatable bonds is 4. The molecule has 0 spiro atoms. The van der Waals surface area contributed by atoms with Crippen LogP contribution in [0.3, 0.4) is 0 Å². The first-order valence-electron chi connectivity index (χ1n) is 4.06. The lowest BCUT2D eigenvalue weighted by Crippen LogP contribution is -2.06. The minimum absolute atomic E-state index is 0.120. The third-order valence-corrected chi connectivity index (χ3v) is 1.91. The van der Waals surface area contributed by atoms with Crippen molar-refractivity contribution in [1.82, 2.24) is 0 Å². The summed E-state index contributed by atoms with van der Waals surface area (Å²) in [6, 6.07) is 0. The highest BCUT2D eigenvalue weighted by atomic mass is 32.2. The molecule has 0 unspecified atom stereocenters. The number of hydrogen-bond donors (Lipinski definition) is 2. The first kappa shape index (κ1) is 15.6. The second-order valence-corrected chi connectivity index (χ2v) is 4.65. The zero-order valence-electron chi connectivity index (χ0n) is 8.43. The molecule has 0 fully saturated rings. The van der Waals surface area contributed by atoms with E-state index in [4.69, 9.17) is 4.55 Å². The van der Waals surface area contributed by atoms with Crippen LogP contribution in [0.15, 0.2) is 12.7 Å². The van der Waals surface area contributed by atoms with Crippen LogP contribution in [0, 0.1) is 5.92 Å². The molecule has 0 bridgehead atoms. The second kappa shape index (κ2) is 7.52. The molecule has 0 rings (SSSR count). The summed E-state index contributed by atoms with van der Waals surface area (Å²) >= 11 is 0. The first-order chi connectivity index (χ1) is 6.19. The van der Waals surface area contributed by atoms with E-state index in [9.17, 15) is 13.2 Å². The third kappa shape index (κ3) is 22.5. The van der Waals surface area contributed by atoms with Gasteiger partial charge >= 0.3 is 0 Å². The topological polar surface area (TPSA) is 97.5 Å². The standard InChI is InChI=1S/C5H12O3S.C3H5NO/c1-5(2)3-4-9(6,7)8;1-2-3(4)5/h5H,3-4H2,1-2H3,(H,6,7,8);2H,1H2,(H2,4,5). The highest BCUT2D eigenvalue weighted by Crippen LogP contribution is 2.00. The molecule has 5 nitrogen and oxygen atoms in total. The molecule has 0 aromatic heterocycles. The molecule has 0 aliphatic rings. The van der Waals surface area contributed by atoms with Crippen molar-refractivity contribution in [2.75, 3.05) is 5.75 Å². The maximum absolute atomic E-state index is 10.1. The quantitative estimate of drug-likeness (QED) is 0.538. The summed E-state index contributed by atoms with van der Waals surface area (Å²) in [4.78, 5) is 9.47. The van der Waals surface area contributed by atoms with Gasteiger partial charge in [-0.3, -0.25) is 9.35 Å². The van der Waals surface area contributed by atoms with Crippen LogP contribution in [0.5, 0.6) is 0 Å². The number of primary amides is 1. The SMILES string of the molecule is C=CC(N)=O.CC(C)CCS(=O)(=O)O. The molecule has 0 aliphatic carbocycles. The molecule has 0 saturated carbocycles. The molecule has 0 aliphatic heterocycles. The number of hydrogen-bond acceptors (Lipinski definition) is 3. The van der Waals surface area contributed by atoms with E-state index >= 15 is 0 Å².